The molecular formula is C2H4LiO+. The summed E-state index contributed by atoms with van der Waals surface area (Å²) in [4.78, 5) is 8.81. The van der Waals surface area contributed by atoms with E-state index in [-0.39, 0.29) is 18.9 Å². The second kappa shape index (κ2) is 10.5. The molecule has 0 aliphatic rings. The monoisotopic (exact) mass is 51.0 g/mol. The quantitative estimate of drug-likeness (QED) is 0.215. The van der Waals surface area contributed by atoms with E-state index in [4.69, 9.17) is 4.79 Å². The van der Waals surface area contributed by atoms with Crippen molar-refractivity contribution in [1.29, 1.82) is 0 Å². The van der Waals surface area contributed by atoms with Gasteiger partial charge in [0.25, 0.3) is 0 Å². The van der Waals surface area contributed by atoms with E-state index in [1.54, 1.807) is 0 Å². The summed E-state index contributed by atoms with van der Waals surface area (Å²) in [5, 5.41) is 0. The van der Waals surface area contributed by atoms with E-state index < -0.39 is 0 Å². The zero-order chi connectivity index (χ0) is 2.71. The molecule has 0 amide bonds. The van der Waals surface area contributed by atoms with Crippen molar-refractivity contribution in [2.75, 3.05) is 0 Å². The van der Waals surface area contributed by atoms with E-state index in [0.29, 0.717) is 0 Å². The molecule has 0 saturated carbocycles. The number of carbonyl (C=O) groups is 1. The summed E-state index contributed by atoms with van der Waals surface area (Å²) < 4.78 is 0. The Morgan fingerprint density at radius 3 is 1.75 bits per heavy atom. The molecule has 0 N–H and O–H groups in total. The van der Waals surface area contributed by atoms with Gasteiger partial charge in [0, 0.05) is 0 Å². The first-order valence-electron chi connectivity index (χ1n) is 0.813. The van der Waals surface area contributed by atoms with Gasteiger partial charge in [0.15, 0.2) is 0 Å². The number of aldehydes is 1. The summed E-state index contributed by atoms with van der Waals surface area (Å²) in [6.45, 7) is 1.44. The molecule has 0 heterocycles. The summed E-state index contributed by atoms with van der Waals surface area (Å²) >= 11 is 0. The van der Waals surface area contributed by atoms with Crippen molar-refractivity contribution < 1.29 is 23.7 Å². The minimum Gasteiger partial charge on any atom is -0.304 e. The fourth-order valence-electron chi connectivity index (χ4n) is 0. The topological polar surface area (TPSA) is 17.1 Å². The SMILES string of the molecule is CC=O.[Li+]. The van der Waals surface area contributed by atoms with Crippen LogP contribution in [-0.2, 0) is 4.79 Å². The van der Waals surface area contributed by atoms with Crippen molar-refractivity contribution >= 4 is 6.29 Å². The summed E-state index contributed by atoms with van der Waals surface area (Å²) in [6, 6.07) is 0. The third-order valence-corrected chi connectivity index (χ3v) is 0. The second-order valence-electron chi connectivity index (χ2n) is 0.236. The first-order valence-corrected chi connectivity index (χ1v) is 0.813. The van der Waals surface area contributed by atoms with E-state index in [1.165, 1.54) is 6.92 Å². The Kier molecular flexibility index (Phi) is 23.2. The molecule has 1 nitrogen and oxygen atoms in total. The number of rotatable bonds is 0. The maximum Gasteiger partial charge on any atom is 1.00 e. The normalized spacial score (nSPS) is 3.25. The molecular weight excluding hydrogens is 47.0 g/mol. The average molecular weight is 51.0 g/mol. The van der Waals surface area contributed by atoms with Crippen molar-refractivity contribution in [2.45, 2.75) is 6.92 Å². The molecule has 18 valence electrons. The van der Waals surface area contributed by atoms with Crippen LogP contribution in [0.1, 0.15) is 6.92 Å². The number of hydrogen-bond donors (Lipinski definition) is 0. The van der Waals surface area contributed by atoms with Crippen molar-refractivity contribution in [3.63, 3.8) is 0 Å². The smallest absolute Gasteiger partial charge is 0.304 e. The molecule has 0 unspecified atom stereocenters. The molecule has 0 aromatic rings. The fraction of sp³-hybridized carbons (Fsp3) is 0.500. The van der Waals surface area contributed by atoms with Crippen LogP contribution in [0.4, 0.5) is 0 Å². The molecule has 0 aliphatic heterocycles. The predicted molar refractivity (Wildman–Crippen MR) is 11.7 cm³/mol. The Labute approximate surface area is 37.6 Å². The van der Waals surface area contributed by atoms with Gasteiger partial charge in [-0.2, -0.15) is 0 Å². The van der Waals surface area contributed by atoms with Crippen LogP contribution in [0.25, 0.3) is 0 Å². The summed E-state index contributed by atoms with van der Waals surface area (Å²) in [6.07, 6.45) is 0.750. The largest absolute Gasteiger partial charge is 1.00 e. The zero-order valence-corrected chi connectivity index (χ0v) is 2.99. The van der Waals surface area contributed by atoms with E-state index >= 15 is 0 Å². The zero-order valence-electron chi connectivity index (χ0n) is 2.99. The second-order valence-corrected chi connectivity index (χ2v) is 0.236. The maximum absolute atomic E-state index is 8.81. The van der Waals surface area contributed by atoms with E-state index in [1.807, 2.05) is 0 Å². The molecule has 0 aromatic carbocycles. The minimum absolute atomic E-state index is 0. The Bertz CT molecular complexity index is 13.5. The van der Waals surface area contributed by atoms with Crippen molar-refractivity contribution in [3.8, 4) is 0 Å². The summed E-state index contributed by atoms with van der Waals surface area (Å²) in [5.74, 6) is 0. The van der Waals surface area contributed by atoms with E-state index in [9.17, 15) is 0 Å². The Hall–Kier alpha value is 0.267. The molecule has 0 atom stereocenters. The van der Waals surface area contributed by atoms with E-state index in [2.05, 4.69) is 0 Å². The van der Waals surface area contributed by atoms with Gasteiger partial charge < -0.3 is 4.79 Å². The van der Waals surface area contributed by atoms with Gasteiger partial charge in [0.05, 0.1) is 0 Å². The molecule has 0 spiro atoms. The molecule has 0 bridgehead atoms. The van der Waals surface area contributed by atoms with Crippen LogP contribution in [-0.4, -0.2) is 6.29 Å². The Balaban J connectivity index is 0. The van der Waals surface area contributed by atoms with Crippen LogP contribution in [0.15, 0.2) is 0 Å². The van der Waals surface area contributed by atoms with Gasteiger partial charge in [-0.1, -0.05) is 0 Å². The van der Waals surface area contributed by atoms with Crippen molar-refractivity contribution in [3.05, 3.63) is 0 Å². The molecule has 0 rings (SSSR count). The van der Waals surface area contributed by atoms with Crippen molar-refractivity contribution in [1.82, 2.24) is 0 Å². The Morgan fingerprint density at radius 1 is 1.75 bits per heavy atom. The summed E-state index contributed by atoms with van der Waals surface area (Å²) in [7, 11) is 0. The Morgan fingerprint density at radius 2 is 1.75 bits per heavy atom. The minimum atomic E-state index is 0. The van der Waals surface area contributed by atoms with Crippen LogP contribution < -0.4 is 18.9 Å². The van der Waals surface area contributed by atoms with Crippen LogP contribution in [0.3, 0.4) is 0 Å². The van der Waals surface area contributed by atoms with Gasteiger partial charge in [-0.05, 0) is 6.92 Å². The first kappa shape index (κ1) is 8.86. The number of hydrogen-bond acceptors (Lipinski definition) is 1. The van der Waals surface area contributed by atoms with Crippen LogP contribution in [0, 0.1) is 0 Å². The average Bonchev–Trinajstić information content (AvgIpc) is 0.918. The molecule has 0 aromatic heterocycles. The van der Waals surface area contributed by atoms with Crippen LogP contribution in [0.5, 0.6) is 0 Å². The van der Waals surface area contributed by atoms with Crippen LogP contribution >= 0.6 is 0 Å². The van der Waals surface area contributed by atoms with Gasteiger partial charge in [0.1, 0.15) is 6.29 Å². The predicted octanol–water partition coefficient (Wildman–Crippen LogP) is -2.79. The van der Waals surface area contributed by atoms with Crippen LogP contribution in [0.2, 0.25) is 0 Å². The van der Waals surface area contributed by atoms with Gasteiger partial charge in [0.2, 0.25) is 0 Å². The van der Waals surface area contributed by atoms with Crippen molar-refractivity contribution in [2.24, 2.45) is 0 Å². The number of carbonyl (C=O) groups excluding carboxylic acids is 1. The molecule has 4 heavy (non-hydrogen) atoms. The van der Waals surface area contributed by atoms with Gasteiger partial charge in [-0.25, -0.2) is 0 Å². The third-order valence-electron chi connectivity index (χ3n) is 0. The van der Waals surface area contributed by atoms with E-state index in [0.717, 1.165) is 6.29 Å². The fourth-order valence-corrected chi connectivity index (χ4v) is 0. The first-order chi connectivity index (χ1) is 1.41. The molecule has 2 heteroatoms. The summed E-state index contributed by atoms with van der Waals surface area (Å²) in [5.41, 5.74) is 0. The maximum atomic E-state index is 8.81. The van der Waals surface area contributed by atoms with Gasteiger partial charge >= 0.3 is 18.9 Å². The molecule has 0 saturated heterocycles. The van der Waals surface area contributed by atoms with Gasteiger partial charge in [-0.3, -0.25) is 0 Å². The molecule has 0 radical (unpaired) electrons. The third kappa shape index (κ3) is 50.9. The molecule has 0 fully saturated rings. The van der Waals surface area contributed by atoms with Gasteiger partial charge in [-0.15, -0.1) is 0 Å². The standard InChI is InChI=1S/C2H4O.Li/c1-2-3;/h2H,1H3;/q;+1. The molecule has 0 aliphatic carbocycles.